The first kappa shape index (κ1) is 19.9. The van der Waals surface area contributed by atoms with Gasteiger partial charge in [0.1, 0.15) is 0 Å². The Morgan fingerprint density at radius 3 is 2.23 bits per heavy atom. The van der Waals surface area contributed by atoms with Gasteiger partial charge >= 0.3 is 0 Å². The van der Waals surface area contributed by atoms with Crippen molar-refractivity contribution in [1.29, 1.82) is 0 Å². The topological polar surface area (TPSA) is 58.6 Å². The molecule has 0 aromatic heterocycles. The first-order valence-corrected chi connectivity index (χ1v) is 10.1. The zero-order valence-corrected chi connectivity index (χ0v) is 16.7. The van der Waals surface area contributed by atoms with E-state index in [2.05, 4.69) is 10.2 Å². The number of carbonyl (C=O) groups excluding carboxylic acids is 2. The molecule has 0 saturated carbocycles. The molecular weight excluding hydrogens is 376 g/mol. The predicted molar refractivity (Wildman–Crippen MR) is 118 cm³/mol. The average molecular weight is 400 g/mol. The van der Waals surface area contributed by atoms with Crippen LogP contribution in [-0.2, 0) is 16.0 Å². The molecule has 5 heteroatoms. The molecule has 1 amide bonds. The van der Waals surface area contributed by atoms with Crippen molar-refractivity contribution in [2.75, 3.05) is 36.5 Å². The quantitative estimate of drug-likeness (QED) is 0.637. The smallest absolute Gasteiger partial charge is 0.228 e. The van der Waals surface area contributed by atoms with Gasteiger partial charge in [-0.15, -0.1) is 0 Å². The number of rotatable bonds is 6. The van der Waals surface area contributed by atoms with Crippen molar-refractivity contribution >= 4 is 23.1 Å². The minimum Gasteiger partial charge on any atom is -0.378 e. The molecule has 0 aliphatic carbocycles. The van der Waals surface area contributed by atoms with Crippen molar-refractivity contribution in [2.24, 2.45) is 0 Å². The van der Waals surface area contributed by atoms with Gasteiger partial charge in [-0.2, -0.15) is 0 Å². The van der Waals surface area contributed by atoms with E-state index in [0.717, 1.165) is 24.3 Å². The molecule has 3 aromatic carbocycles. The molecule has 0 atom stereocenters. The van der Waals surface area contributed by atoms with Crippen LogP contribution in [0.5, 0.6) is 0 Å². The Morgan fingerprint density at radius 2 is 1.53 bits per heavy atom. The first-order chi connectivity index (χ1) is 14.7. The second kappa shape index (κ2) is 9.37. The summed E-state index contributed by atoms with van der Waals surface area (Å²) in [7, 11) is 0. The van der Waals surface area contributed by atoms with Crippen LogP contribution in [0.4, 0.5) is 11.4 Å². The Morgan fingerprint density at radius 1 is 0.867 bits per heavy atom. The maximum Gasteiger partial charge on any atom is 0.228 e. The molecule has 0 radical (unpaired) electrons. The lowest BCUT2D eigenvalue weighted by Crippen LogP contribution is -2.37. The van der Waals surface area contributed by atoms with Gasteiger partial charge in [-0.1, -0.05) is 60.7 Å². The van der Waals surface area contributed by atoms with Gasteiger partial charge in [0.2, 0.25) is 5.91 Å². The van der Waals surface area contributed by atoms with Gasteiger partial charge in [-0.05, 0) is 23.8 Å². The van der Waals surface area contributed by atoms with Gasteiger partial charge in [-0.3, -0.25) is 9.59 Å². The zero-order chi connectivity index (χ0) is 20.8. The van der Waals surface area contributed by atoms with E-state index in [-0.39, 0.29) is 18.1 Å². The number of nitrogens with one attached hydrogen (secondary N) is 1. The fourth-order valence-corrected chi connectivity index (χ4v) is 3.61. The summed E-state index contributed by atoms with van der Waals surface area (Å²) in [4.78, 5) is 27.9. The lowest BCUT2D eigenvalue weighted by atomic mass is 10.00. The van der Waals surface area contributed by atoms with Crippen LogP contribution in [0, 0.1) is 0 Å². The van der Waals surface area contributed by atoms with E-state index in [1.54, 1.807) is 6.07 Å². The Kier molecular flexibility index (Phi) is 6.20. The number of hydrogen-bond donors (Lipinski definition) is 1. The molecule has 1 N–H and O–H groups in total. The van der Waals surface area contributed by atoms with Crippen molar-refractivity contribution in [3.05, 3.63) is 95.6 Å². The Labute approximate surface area is 176 Å². The lowest BCUT2D eigenvalue weighted by molar-refractivity contribution is -0.115. The van der Waals surface area contributed by atoms with Gasteiger partial charge in [0.15, 0.2) is 5.78 Å². The fraction of sp³-hybridized carbons (Fsp3) is 0.200. The third-order valence-electron chi connectivity index (χ3n) is 5.12. The first-order valence-electron chi connectivity index (χ1n) is 10.1. The Bertz CT molecular complexity index is 1010. The van der Waals surface area contributed by atoms with E-state index in [0.29, 0.717) is 30.0 Å². The highest BCUT2D eigenvalue weighted by Crippen LogP contribution is 2.28. The Hall–Kier alpha value is -3.44. The second-order valence-electron chi connectivity index (χ2n) is 7.24. The standard InChI is InChI=1S/C25H24N2O3/c28-24(17-19-7-3-1-4-8-19)26-21-11-12-23(27-13-15-30-16-14-27)22(18-21)25(29)20-9-5-2-6-10-20/h1-12,18H,13-17H2,(H,26,28). The summed E-state index contributed by atoms with van der Waals surface area (Å²) in [5.41, 5.74) is 3.64. The number of nitrogens with zero attached hydrogens (tertiary/aromatic N) is 1. The molecule has 152 valence electrons. The lowest BCUT2D eigenvalue weighted by Gasteiger charge is -2.30. The maximum atomic E-state index is 13.3. The highest BCUT2D eigenvalue weighted by atomic mass is 16.5. The third-order valence-corrected chi connectivity index (χ3v) is 5.12. The van der Waals surface area contributed by atoms with Gasteiger partial charge < -0.3 is 15.0 Å². The summed E-state index contributed by atoms with van der Waals surface area (Å²) in [6.07, 6.45) is 0.286. The Balaban J connectivity index is 1.61. The minimum absolute atomic E-state index is 0.0590. The highest BCUT2D eigenvalue weighted by Gasteiger charge is 2.21. The maximum absolute atomic E-state index is 13.3. The normalized spacial score (nSPS) is 13.7. The van der Waals surface area contributed by atoms with E-state index in [1.165, 1.54) is 0 Å². The van der Waals surface area contributed by atoms with Crippen molar-refractivity contribution in [3.8, 4) is 0 Å². The van der Waals surface area contributed by atoms with Crippen molar-refractivity contribution < 1.29 is 14.3 Å². The molecule has 5 nitrogen and oxygen atoms in total. The summed E-state index contributed by atoms with van der Waals surface area (Å²) in [5.74, 6) is -0.172. The minimum atomic E-state index is -0.113. The summed E-state index contributed by atoms with van der Waals surface area (Å²) in [5, 5.41) is 2.93. The fourth-order valence-electron chi connectivity index (χ4n) is 3.61. The number of morpholine rings is 1. The average Bonchev–Trinajstić information content (AvgIpc) is 2.80. The van der Waals surface area contributed by atoms with E-state index >= 15 is 0 Å². The SMILES string of the molecule is O=C(Cc1ccccc1)Nc1ccc(N2CCOCC2)c(C(=O)c2ccccc2)c1. The van der Waals surface area contributed by atoms with E-state index in [1.807, 2.05) is 72.8 Å². The van der Waals surface area contributed by atoms with Crippen LogP contribution in [0.25, 0.3) is 0 Å². The molecular formula is C25H24N2O3. The summed E-state index contributed by atoms with van der Waals surface area (Å²) in [6.45, 7) is 2.73. The van der Waals surface area contributed by atoms with Gasteiger partial charge in [0.25, 0.3) is 0 Å². The highest BCUT2D eigenvalue weighted by molar-refractivity contribution is 6.13. The van der Waals surface area contributed by atoms with Gasteiger partial charge in [-0.25, -0.2) is 0 Å². The molecule has 3 aromatic rings. The number of amides is 1. The molecule has 4 rings (SSSR count). The molecule has 1 fully saturated rings. The zero-order valence-electron chi connectivity index (χ0n) is 16.7. The van der Waals surface area contributed by atoms with Crippen molar-refractivity contribution in [2.45, 2.75) is 6.42 Å². The van der Waals surface area contributed by atoms with Crippen molar-refractivity contribution in [3.63, 3.8) is 0 Å². The molecule has 0 unspecified atom stereocenters. The number of ketones is 1. The summed E-state index contributed by atoms with van der Waals surface area (Å²) in [6, 6.07) is 24.4. The van der Waals surface area contributed by atoms with Crippen LogP contribution in [0.3, 0.4) is 0 Å². The van der Waals surface area contributed by atoms with Gasteiger partial charge in [0, 0.05) is 35.6 Å². The molecule has 1 aliphatic rings. The third kappa shape index (κ3) is 4.75. The number of benzene rings is 3. The number of carbonyl (C=O) groups is 2. The molecule has 1 aliphatic heterocycles. The molecule has 1 heterocycles. The van der Waals surface area contributed by atoms with Crippen molar-refractivity contribution in [1.82, 2.24) is 0 Å². The number of ether oxygens (including phenoxy) is 1. The second-order valence-corrected chi connectivity index (χ2v) is 7.24. The predicted octanol–water partition coefficient (Wildman–Crippen LogP) is 3.94. The number of hydrogen-bond acceptors (Lipinski definition) is 4. The monoisotopic (exact) mass is 400 g/mol. The van der Waals surface area contributed by atoms with E-state index in [4.69, 9.17) is 4.74 Å². The number of anilines is 2. The molecule has 0 spiro atoms. The van der Waals surface area contributed by atoms with E-state index in [9.17, 15) is 9.59 Å². The van der Waals surface area contributed by atoms with Gasteiger partial charge in [0.05, 0.1) is 19.6 Å². The molecule has 1 saturated heterocycles. The molecule has 30 heavy (non-hydrogen) atoms. The van der Waals surface area contributed by atoms with E-state index < -0.39 is 0 Å². The largest absolute Gasteiger partial charge is 0.378 e. The van der Waals surface area contributed by atoms with Crippen LogP contribution in [-0.4, -0.2) is 38.0 Å². The molecule has 0 bridgehead atoms. The van der Waals surface area contributed by atoms with Crippen LogP contribution in [0.2, 0.25) is 0 Å². The van der Waals surface area contributed by atoms with Crippen LogP contribution in [0.15, 0.2) is 78.9 Å². The van der Waals surface area contributed by atoms with Crippen LogP contribution in [0.1, 0.15) is 21.5 Å². The summed E-state index contributed by atoms with van der Waals surface area (Å²) < 4.78 is 5.46. The van der Waals surface area contributed by atoms with Crippen LogP contribution >= 0.6 is 0 Å². The van der Waals surface area contributed by atoms with Crippen LogP contribution < -0.4 is 10.2 Å². The summed E-state index contributed by atoms with van der Waals surface area (Å²) >= 11 is 0.